The summed E-state index contributed by atoms with van der Waals surface area (Å²) in [5.74, 6) is 0.131. The van der Waals surface area contributed by atoms with Crippen LogP contribution in [0.3, 0.4) is 0 Å². The molecule has 0 heterocycles. The van der Waals surface area contributed by atoms with E-state index in [0.29, 0.717) is 6.54 Å². The molecule has 1 N–H and O–H groups in total. The Kier molecular flexibility index (Phi) is 4.23. The van der Waals surface area contributed by atoms with E-state index in [4.69, 9.17) is 0 Å². The van der Waals surface area contributed by atoms with Crippen molar-refractivity contribution in [2.75, 3.05) is 6.54 Å². The van der Waals surface area contributed by atoms with Crippen molar-refractivity contribution in [3.05, 3.63) is 47.0 Å². The van der Waals surface area contributed by atoms with E-state index in [-0.39, 0.29) is 11.3 Å². The number of carbonyl (C=O) groups excluding carboxylic acids is 1. The molecule has 0 bridgehead atoms. The lowest BCUT2D eigenvalue weighted by molar-refractivity contribution is -0.126. The Morgan fingerprint density at radius 3 is 2.44 bits per heavy atom. The van der Waals surface area contributed by atoms with Crippen molar-refractivity contribution < 1.29 is 4.79 Å². The normalized spacial score (nSPS) is 17.4. The zero-order chi connectivity index (χ0) is 13.0. The Bertz CT molecular complexity index is 435. The van der Waals surface area contributed by atoms with Gasteiger partial charge in [0.25, 0.3) is 0 Å². The lowest BCUT2D eigenvalue weighted by Crippen LogP contribution is -2.43. The number of carbonyl (C=O) groups is 1. The fraction of sp³-hybridized carbons (Fsp3) is 0.400. The van der Waals surface area contributed by atoms with Gasteiger partial charge >= 0.3 is 0 Å². The van der Waals surface area contributed by atoms with E-state index < -0.39 is 0 Å². The van der Waals surface area contributed by atoms with Gasteiger partial charge in [-0.25, -0.2) is 0 Å². The van der Waals surface area contributed by atoms with Crippen molar-refractivity contribution in [3.63, 3.8) is 0 Å². The van der Waals surface area contributed by atoms with Gasteiger partial charge in [-0.05, 0) is 18.4 Å². The summed E-state index contributed by atoms with van der Waals surface area (Å²) < 4.78 is 0.803. The van der Waals surface area contributed by atoms with E-state index in [1.54, 1.807) is 0 Å². The molecule has 2 nitrogen and oxygen atoms in total. The van der Waals surface area contributed by atoms with Crippen LogP contribution < -0.4 is 5.32 Å². The maximum Gasteiger partial charge on any atom is 0.230 e. The van der Waals surface area contributed by atoms with Crippen LogP contribution in [0.1, 0.15) is 31.2 Å². The highest BCUT2D eigenvalue weighted by Crippen LogP contribution is 2.41. The zero-order valence-electron chi connectivity index (χ0n) is 10.4. The highest BCUT2D eigenvalue weighted by Gasteiger charge is 2.42. The lowest BCUT2D eigenvalue weighted by Gasteiger charge is -2.28. The molecule has 1 aromatic carbocycles. The second kappa shape index (κ2) is 5.70. The number of hydrogen-bond acceptors (Lipinski definition) is 1. The first-order chi connectivity index (χ1) is 8.65. The molecule has 0 radical (unpaired) electrons. The van der Waals surface area contributed by atoms with Crippen molar-refractivity contribution in [3.8, 4) is 0 Å². The highest BCUT2D eigenvalue weighted by molar-refractivity contribution is 9.11. The highest BCUT2D eigenvalue weighted by atomic mass is 79.9. The van der Waals surface area contributed by atoms with Crippen LogP contribution in [0.4, 0.5) is 0 Å². The molecule has 1 amide bonds. The summed E-state index contributed by atoms with van der Waals surface area (Å²) in [5.41, 5.74) is 0.809. The van der Waals surface area contributed by atoms with Gasteiger partial charge in [-0.3, -0.25) is 4.79 Å². The molecule has 0 aromatic heterocycles. The van der Waals surface area contributed by atoms with Gasteiger partial charge in [0.1, 0.15) is 0 Å². The number of nitrogens with one attached hydrogen (secondary N) is 1. The minimum atomic E-state index is -0.330. The molecule has 0 atom stereocenters. The third-order valence-corrected chi connectivity index (χ3v) is 3.94. The summed E-state index contributed by atoms with van der Waals surface area (Å²) in [6, 6.07) is 10.1. The molecular weight excluding hydrogens is 290 g/mol. The molecule has 1 fully saturated rings. The third-order valence-electron chi connectivity index (χ3n) is 3.66. The molecule has 3 heteroatoms. The quantitative estimate of drug-likeness (QED) is 0.906. The van der Waals surface area contributed by atoms with Crippen LogP contribution in [0.25, 0.3) is 0 Å². The molecule has 0 unspecified atom stereocenters. The van der Waals surface area contributed by atoms with E-state index >= 15 is 0 Å². The molecule has 18 heavy (non-hydrogen) atoms. The predicted molar refractivity (Wildman–Crippen MR) is 77.7 cm³/mol. The molecule has 1 aliphatic rings. The van der Waals surface area contributed by atoms with E-state index in [1.807, 2.05) is 18.2 Å². The smallest absolute Gasteiger partial charge is 0.230 e. The molecular formula is C15H18BrNO. The van der Waals surface area contributed by atoms with Gasteiger partial charge in [0.05, 0.1) is 5.41 Å². The number of amides is 1. The van der Waals surface area contributed by atoms with Gasteiger partial charge in [0.15, 0.2) is 0 Å². The van der Waals surface area contributed by atoms with Gasteiger partial charge in [0.2, 0.25) is 5.91 Å². The minimum Gasteiger partial charge on any atom is -0.351 e. The second-order valence-corrected chi connectivity index (χ2v) is 5.98. The zero-order valence-corrected chi connectivity index (χ0v) is 12.0. The Morgan fingerprint density at radius 2 is 1.89 bits per heavy atom. The number of hydrogen-bond donors (Lipinski definition) is 1. The third kappa shape index (κ3) is 2.66. The van der Waals surface area contributed by atoms with Crippen LogP contribution in [-0.2, 0) is 10.2 Å². The van der Waals surface area contributed by atoms with Gasteiger partial charge in [-0.2, -0.15) is 0 Å². The summed E-state index contributed by atoms with van der Waals surface area (Å²) in [6.45, 7) is 4.24. The Labute approximate surface area is 117 Å². The Balaban J connectivity index is 2.22. The van der Waals surface area contributed by atoms with Crippen molar-refractivity contribution in [2.45, 2.75) is 31.1 Å². The van der Waals surface area contributed by atoms with Crippen molar-refractivity contribution in [2.24, 2.45) is 0 Å². The van der Waals surface area contributed by atoms with Crippen LogP contribution in [0.2, 0.25) is 0 Å². The van der Waals surface area contributed by atoms with Crippen LogP contribution in [0.5, 0.6) is 0 Å². The van der Waals surface area contributed by atoms with Crippen LogP contribution in [-0.4, -0.2) is 12.5 Å². The van der Waals surface area contributed by atoms with Gasteiger partial charge in [-0.1, -0.05) is 65.7 Å². The van der Waals surface area contributed by atoms with Gasteiger partial charge < -0.3 is 5.32 Å². The number of rotatable bonds is 4. The first kappa shape index (κ1) is 13.3. The number of halogens is 1. The van der Waals surface area contributed by atoms with E-state index in [2.05, 4.69) is 40.0 Å². The minimum absolute atomic E-state index is 0.131. The lowest BCUT2D eigenvalue weighted by atomic mass is 9.78. The first-order valence-corrected chi connectivity index (χ1v) is 7.11. The second-order valence-electron chi connectivity index (χ2n) is 4.86. The molecule has 0 aliphatic heterocycles. The van der Waals surface area contributed by atoms with Gasteiger partial charge in [0, 0.05) is 11.0 Å². The largest absolute Gasteiger partial charge is 0.351 e. The standard InChI is InChI=1S/C15H18BrNO/c1-12(16)11-17-14(18)15(9-5-6-10-15)13-7-3-2-4-8-13/h2-4,7-8H,1,5-6,9-11H2,(H,17,18). The molecule has 0 spiro atoms. The topological polar surface area (TPSA) is 29.1 Å². The average molecular weight is 308 g/mol. The fourth-order valence-electron chi connectivity index (χ4n) is 2.73. The number of benzene rings is 1. The van der Waals surface area contributed by atoms with E-state index in [9.17, 15) is 4.79 Å². The molecule has 0 saturated heterocycles. The molecule has 2 rings (SSSR count). The maximum atomic E-state index is 12.5. The van der Waals surface area contributed by atoms with E-state index in [1.165, 1.54) is 0 Å². The Morgan fingerprint density at radius 1 is 1.28 bits per heavy atom. The molecule has 96 valence electrons. The Hall–Kier alpha value is -1.09. The molecule has 1 saturated carbocycles. The average Bonchev–Trinajstić information content (AvgIpc) is 2.87. The molecule has 1 aromatic rings. The maximum absolute atomic E-state index is 12.5. The summed E-state index contributed by atoms with van der Waals surface area (Å²) in [7, 11) is 0. The van der Waals surface area contributed by atoms with Crippen LogP contribution >= 0.6 is 15.9 Å². The fourth-order valence-corrected chi connectivity index (χ4v) is 2.87. The van der Waals surface area contributed by atoms with Crippen molar-refractivity contribution >= 4 is 21.8 Å². The van der Waals surface area contributed by atoms with Gasteiger partial charge in [-0.15, -0.1) is 0 Å². The van der Waals surface area contributed by atoms with Crippen LogP contribution in [0, 0.1) is 0 Å². The summed E-state index contributed by atoms with van der Waals surface area (Å²) in [5, 5.41) is 2.98. The summed E-state index contributed by atoms with van der Waals surface area (Å²) >= 11 is 3.28. The SMILES string of the molecule is C=C(Br)CNC(=O)C1(c2ccccc2)CCCC1. The summed E-state index contributed by atoms with van der Waals surface area (Å²) in [4.78, 5) is 12.5. The van der Waals surface area contributed by atoms with Crippen molar-refractivity contribution in [1.29, 1.82) is 0 Å². The summed E-state index contributed by atoms with van der Waals surface area (Å²) in [6.07, 6.45) is 4.13. The van der Waals surface area contributed by atoms with Crippen LogP contribution in [0.15, 0.2) is 41.4 Å². The predicted octanol–water partition coefficient (Wildman–Crippen LogP) is 3.52. The first-order valence-electron chi connectivity index (χ1n) is 6.32. The monoisotopic (exact) mass is 307 g/mol. The molecule has 1 aliphatic carbocycles. The van der Waals surface area contributed by atoms with Crippen molar-refractivity contribution in [1.82, 2.24) is 5.32 Å². The van der Waals surface area contributed by atoms with E-state index in [0.717, 1.165) is 35.7 Å².